The highest BCUT2D eigenvalue weighted by atomic mass is 19.1. The van der Waals surface area contributed by atoms with Crippen molar-refractivity contribution >= 4 is 17.3 Å². The van der Waals surface area contributed by atoms with E-state index in [1.54, 1.807) is 6.07 Å². The molecule has 8 heteroatoms. The van der Waals surface area contributed by atoms with Crippen LogP contribution in [0.3, 0.4) is 0 Å². The van der Waals surface area contributed by atoms with Crippen molar-refractivity contribution in [2.75, 3.05) is 10.6 Å². The van der Waals surface area contributed by atoms with Crippen LogP contribution in [0.15, 0.2) is 77.6 Å². The molecule has 0 unspecified atom stereocenters. The molecule has 2 N–H and O–H groups in total. The first-order valence-electron chi connectivity index (χ1n) is 9.64. The highest BCUT2D eigenvalue weighted by Gasteiger charge is 2.53. The van der Waals surface area contributed by atoms with Crippen LogP contribution in [0, 0.1) is 5.82 Å². The first kappa shape index (κ1) is 17.5. The van der Waals surface area contributed by atoms with E-state index < -0.39 is 17.0 Å². The van der Waals surface area contributed by atoms with Crippen LogP contribution in [0.1, 0.15) is 5.56 Å². The predicted octanol–water partition coefficient (Wildman–Crippen LogP) is 3.19. The third-order valence-electron chi connectivity index (χ3n) is 5.62. The number of carbonyl (C=O) groups excluding carboxylic acids is 1. The van der Waals surface area contributed by atoms with Crippen molar-refractivity contribution in [1.82, 2.24) is 14.8 Å². The Bertz CT molecular complexity index is 1450. The molecule has 150 valence electrons. The van der Waals surface area contributed by atoms with E-state index in [1.165, 1.54) is 28.9 Å². The van der Waals surface area contributed by atoms with Crippen molar-refractivity contribution in [3.05, 3.63) is 94.5 Å². The second-order valence-electron chi connectivity index (χ2n) is 7.39. The van der Waals surface area contributed by atoms with Gasteiger partial charge in [-0.3, -0.25) is 9.59 Å². The molecule has 6 rings (SSSR count). The molecular weight excluding hydrogens is 397 g/mol. The summed E-state index contributed by atoms with van der Waals surface area (Å²) in [5, 5.41) is 10.8. The van der Waals surface area contributed by atoms with Gasteiger partial charge in [-0.05, 0) is 42.5 Å². The van der Waals surface area contributed by atoms with Crippen molar-refractivity contribution < 1.29 is 9.18 Å². The molecule has 3 aromatic carbocycles. The van der Waals surface area contributed by atoms with E-state index in [4.69, 9.17) is 0 Å². The number of amides is 1. The minimum absolute atomic E-state index is 0.0292. The molecular formula is C23H14FN5O2. The molecule has 3 heterocycles. The number of hydrogen-bond donors (Lipinski definition) is 2. The Hall–Kier alpha value is -4.33. The van der Waals surface area contributed by atoms with Crippen LogP contribution in [-0.2, 0) is 10.5 Å². The average Bonchev–Trinajstić information content (AvgIpc) is 3.06. The van der Waals surface area contributed by atoms with Crippen molar-refractivity contribution in [3.63, 3.8) is 0 Å². The summed E-state index contributed by atoms with van der Waals surface area (Å²) in [5.74, 6) is -0.490. The number of benzene rings is 3. The number of nitrogens with one attached hydrogen (secondary N) is 2. The van der Waals surface area contributed by atoms with Crippen molar-refractivity contribution in [2.45, 2.75) is 5.66 Å². The fourth-order valence-corrected chi connectivity index (χ4v) is 4.20. The minimum Gasteiger partial charge on any atom is -0.349 e. The quantitative estimate of drug-likeness (QED) is 0.502. The number of para-hydroxylation sites is 2. The third kappa shape index (κ3) is 2.32. The summed E-state index contributed by atoms with van der Waals surface area (Å²) in [6, 6.07) is 20.0. The second kappa shape index (κ2) is 6.09. The van der Waals surface area contributed by atoms with Gasteiger partial charge in [0.1, 0.15) is 5.82 Å². The fourth-order valence-electron chi connectivity index (χ4n) is 4.20. The van der Waals surface area contributed by atoms with Crippen LogP contribution in [-0.4, -0.2) is 20.7 Å². The number of carbonyl (C=O) groups is 1. The number of nitrogens with zero attached hydrogens (tertiary/aromatic N) is 3. The lowest BCUT2D eigenvalue weighted by atomic mass is 9.96. The standard InChI is InChI=1S/C23H14FN5O2/c24-14-11-9-13(10-12-14)19-21(30)26-20-15-5-1-3-7-17(15)27-23(29(20)28-19)16-6-2-4-8-18(16)25-22(23)31/h1-12,27H,(H,25,31)/t23-/m0/s1. The van der Waals surface area contributed by atoms with Gasteiger partial charge in [-0.25, -0.2) is 9.07 Å². The topological polar surface area (TPSA) is 88.9 Å². The van der Waals surface area contributed by atoms with Gasteiger partial charge in [0, 0.05) is 28.1 Å². The SMILES string of the molecule is O=C1Nc2ccccc2[C@@]12Nc1ccccc1-c1nc(=O)c(-c3ccc(F)cc3)nn12. The maximum atomic E-state index is 13.4. The lowest BCUT2D eigenvalue weighted by Gasteiger charge is -2.37. The third-order valence-corrected chi connectivity index (χ3v) is 5.62. The van der Waals surface area contributed by atoms with Gasteiger partial charge in [-0.15, -0.1) is 0 Å². The molecule has 0 bridgehead atoms. The van der Waals surface area contributed by atoms with E-state index in [0.717, 1.165) is 0 Å². The molecule has 0 saturated heterocycles. The van der Waals surface area contributed by atoms with E-state index in [9.17, 15) is 14.0 Å². The van der Waals surface area contributed by atoms with E-state index in [1.807, 2.05) is 42.5 Å². The molecule has 4 aromatic rings. The van der Waals surface area contributed by atoms with Gasteiger partial charge in [0.25, 0.3) is 11.5 Å². The van der Waals surface area contributed by atoms with Gasteiger partial charge in [0.2, 0.25) is 5.66 Å². The van der Waals surface area contributed by atoms with Crippen LogP contribution < -0.4 is 16.2 Å². The maximum absolute atomic E-state index is 13.4. The Balaban J connectivity index is 1.70. The summed E-state index contributed by atoms with van der Waals surface area (Å²) in [7, 11) is 0. The van der Waals surface area contributed by atoms with Gasteiger partial charge in [-0.2, -0.15) is 10.1 Å². The summed E-state index contributed by atoms with van der Waals surface area (Å²) < 4.78 is 14.9. The fraction of sp³-hybridized carbons (Fsp3) is 0.0435. The smallest absolute Gasteiger partial charge is 0.300 e. The molecule has 2 aliphatic heterocycles. The zero-order valence-electron chi connectivity index (χ0n) is 16.0. The monoisotopic (exact) mass is 411 g/mol. The predicted molar refractivity (Wildman–Crippen MR) is 113 cm³/mol. The molecule has 7 nitrogen and oxygen atoms in total. The Morgan fingerprint density at radius 3 is 2.39 bits per heavy atom. The Labute approximate surface area is 175 Å². The summed E-state index contributed by atoms with van der Waals surface area (Å²) in [6.45, 7) is 0. The van der Waals surface area contributed by atoms with Crippen LogP contribution >= 0.6 is 0 Å². The Morgan fingerprint density at radius 1 is 0.871 bits per heavy atom. The molecule has 1 amide bonds. The first-order chi connectivity index (χ1) is 15.1. The van der Waals surface area contributed by atoms with Gasteiger partial charge < -0.3 is 10.6 Å². The number of fused-ring (bicyclic) bond motifs is 6. The lowest BCUT2D eigenvalue weighted by Crippen LogP contribution is -2.53. The number of aromatic nitrogens is 3. The molecule has 1 aromatic heterocycles. The molecule has 0 radical (unpaired) electrons. The summed E-state index contributed by atoms with van der Waals surface area (Å²) >= 11 is 0. The van der Waals surface area contributed by atoms with Gasteiger partial charge >= 0.3 is 0 Å². The molecule has 2 aliphatic rings. The highest BCUT2D eigenvalue weighted by molar-refractivity contribution is 6.09. The molecule has 1 atom stereocenters. The molecule has 0 fully saturated rings. The highest BCUT2D eigenvalue weighted by Crippen LogP contribution is 2.45. The van der Waals surface area contributed by atoms with Gasteiger partial charge in [0.05, 0.1) is 0 Å². The van der Waals surface area contributed by atoms with Crippen molar-refractivity contribution in [2.24, 2.45) is 0 Å². The van der Waals surface area contributed by atoms with Crippen LogP contribution in [0.4, 0.5) is 15.8 Å². The minimum atomic E-state index is -1.42. The maximum Gasteiger partial charge on any atom is 0.300 e. The zero-order valence-corrected chi connectivity index (χ0v) is 16.0. The van der Waals surface area contributed by atoms with Crippen LogP contribution in [0.25, 0.3) is 22.6 Å². The number of halogens is 1. The van der Waals surface area contributed by atoms with Crippen molar-refractivity contribution in [1.29, 1.82) is 0 Å². The second-order valence-corrected chi connectivity index (χ2v) is 7.39. The summed E-state index contributed by atoms with van der Waals surface area (Å²) in [4.78, 5) is 30.6. The first-order valence-corrected chi connectivity index (χ1v) is 9.64. The van der Waals surface area contributed by atoms with Crippen LogP contribution in [0.2, 0.25) is 0 Å². The van der Waals surface area contributed by atoms with E-state index in [0.29, 0.717) is 28.1 Å². The Morgan fingerprint density at radius 2 is 1.58 bits per heavy atom. The van der Waals surface area contributed by atoms with Crippen LogP contribution in [0.5, 0.6) is 0 Å². The van der Waals surface area contributed by atoms with Crippen molar-refractivity contribution in [3.8, 4) is 22.6 Å². The zero-order chi connectivity index (χ0) is 21.2. The number of rotatable bonds is 1. The lowest BCUT2D eigenvalue weighted by molar-refractivity contribution is -0.121. The summed E-state index contributed by atoms with van der Waals surface area (Å²) in [5.41, 5.74) is 1.09. The molecule has 1 spiro atoms. The van der Waals surface area contributed by atoms with E-state index in [-0.39, 0.29) is 17.4 Å². The molecule has 0 aliphatic carbocycles. The van der Waals surface area contributed by atoms with Gasteiger partial charge in [-0.1, -0.05) is 30.3 Å². The normalized spacial score (nSPS) is 18.0. The molecule has 31 heavy (non-hydrogen) atoms. The van der Waals surface area contributed by atoms with E-state index >= 15 is 0 Å². The average molecular weight is 411 g/mol. The van der Waals surface area contributed by atoms with Gasteiger partial charge in [0.15, 0.2) is 11.5 Å². The number of hydrogen-bond acceptors (Lipinski definition) is 5. The molecule has 0 saturated carbocycles. The summed E-state index contributed by atoms with van der Waals surface area (Å²) in [6.07, 6.45) is 0. The Kier molecular flexibility index (Phi) is 3.44. The number of anilines is 2. The largest absolute Gasteiger partial charge is 0.349 e. The van der Waals surface area contributed by atoms with E-state index in [2.05, 4.69) is 20.7 Å².